The minimum Gasteiger partial charge on any atom is -0.494 e. The molecule has 0 aromatic heterocycles. The Balaban J connectivity index is 2.02. The maximum absolute atomic E-state index is 13.5. The first-order valence-corrected chi connectivity index (χ1v) is 13.9. The van der Waals surface area contributed by atoms with Crippen molar-refractivity contribution in [3.05, 3.63) is 53.6 Å². The Hall–Kier alpha value is -3.75. The lowest BCUT2D eigenvalue weighted by atomic mass is 10.1. The molecule has 0 aliphatic heterocycles. The summed E-state index contributed by atoms with van der Waals surface area (Å²) in [5, 5.41) is 3.51. The van der Waals surface area contributed by atoms with E-state index >= 15 is 0 Å². The lowest BCUT2D eigenvalue weighted by Gasteiger charge is -2.32. The number of nitrogens with zero attached hydrogens (tertiary/aromatic N) is 2. The van der Waals surface area contributed by atoms with Gasteiger partial charge in [-0.05, 0) is 110 Å². The fourth-order valence-corrected chi connectivity index (χ4v) is 4.18. The van der Waals surface area contributed by atoms with Gasteiger partial charge in [0.1, 0.15) is 17.2 Å². The Bertz CT molecular complexity index is 1100. The largest absolute Gasteiger partial charge is 0.494 e. The van der Waals surface area contributed by atoms with Gasteiger partial charge in [0.25, 0.3) is 5.91 Å². The van der Waals surface area contributed by atoms with E-state index in [-0.39, 0.29) is 30.3 Å². The van der Waals surface area contributed by atoms with Crippen molar-refractivity contribution in [2.24, 2.45) is 10.9 Å². The van der Waals surface area contributed by atoms with Gasteiger partial charge in [0.15, 0.2) is 5.60 Å². The van der Waals surface area contributed by atoms with Gasteiger partial charge in [0.2, 0.25) is 0 Å². The average molecular weight is 556 g/mol. The molecule has 9 heteroatoms. The van der Waals surface area contributed by atoms with Crippen LogP contribution in [0.1, 0.15) is 83.7 Å². The van der Waals surface area contributed by atoms with E-state index in [4.69, 9.17) is 24.8 Å². The van der Waals surface area contributed by atoms with Crippen molar-refractivity contribution in [1.29, 1.82) is 0 Å². The summed E-state index contributed by atoms with van der Waals surface area (Å²) in [7, 11) is 0. The predicted molar refractivity (Wildman–Crippen MR) is 157 cm³/mol. The van der Waals surface area contributed by atoms with Gasteiger partial charge in [0.05, 0.1) is 31.6 Å². The van der Waals surface area contributed by atoms with Crippen molar-refractivity contribution in [2.45, 2.75) is 85.4 Å². The maximum atomic E-state index is 13.5. The van der Waals surface area contributed by atoms with Crippen LogP contribution in [0.2, 0.25) is 0 Å². The van der Waals surface area contributed by atoms with Gasteiger partial charge in [0, 0.05) is 18.2 Å². The summed E-state index contributed by atoms with van der Waals surface area (Å²) in [4.78, 5) is 27.8. The summed E-state index contributed by atoms with van der Waals surface area (Å²) in [6, 6.07) is 12.7. The highest BCUT2D eigenvalue weighted by molar-refractivity contribution is 5.97. The molecule has 0 fully saturated rings. The summed E-state index contributed by atoms with van der Waals surface area (Å²) in [6.07, 6.45) is 4.21. The van der Waals surface area contributed by atoms with Crippen LogP contribution in [0.4, 0.5) is 0 Å². The molecule has 2 aromatic rings. The fraction of sp³-hybridized carbons (Fsp3) is 0.516. The van der Waals surface area contributed by atoms with Gasteiger partial charge in [-0.3, -0.25) is 4.79 Å². The average Bonchev–Trinajstić information content (AvgIpc) is 2.88. The quantitative estimate of drug-likeness (QED) is 0.0945. The van der Waals surface area contributed by atoms with Crippen LogP contribution in [0.15, 0.2) is 47.6 Å². The first kappa shape index (κ1) is 32.5. The molecule has 9 nitrogen and oxygen atoms in total. The standard InChI is InChI=1S/C31H45N3O6/c1-8-37-30(36)31(6,7)40-28-20-26(16-17-27(28)29(35)34(22(2)3)23(4)5)39-19-11-9-10-18-38-25-14-12-24(13-15-25)21-33-32/h12-17,20-23H,8-11,18-19,32H2,1-7H3. The summed E-state index contributed by atoms with van der Waals surface area (Å²) < 4.78 is 23.0. The number of benzene rings is 2. The highest BCUT2D eigenvalue weighted by Crippen LogP contribution is 2.31. The molecule has 2 aromatic carbocycles. The summed E-state index contributed by atoms with van der Waals surface area (Å²) in [6.45, 7) is 14.2. The Morgan fingerprint density at radius 2 is 1.50 bits per heavy atom. The van der Waals surface area contributed by atoms with Gasteiger partial charge >= 0.3 is 5.97 Å². The molecule has 0 spiro atoms. The molecular weight excluding hydrogens is 510 g/mol. The molecule has 2 N–H and O–H groups in total. The number of unbranched alkanes of at least 4 members (excludes halogenated alkanes) is 2. The van der Waals surface area contributed by atoms with E-state index in [9.17, 15) is 9.59 Å². The molecule has 0 aliphatic carbocycles. The molecule has 2 rings (SSSR count). The molecule has 0 radical (unpaired) electrons. The number of hydrogen-bond acceptors (Lipinski definition) is 8. The van der Waals surface area contributed by atoms with E-state index in [0.717, 1.165) is 30.6 Å². The molecule has 220 valence electrons. The maximum Gasteiger partial charge on any atom is 0.349 e. The number of carbonyl (C=O) groups excluding carboxylic acids is 2. The van der Waals surface area contributed by atoms with Gasteiger partial charge in [-0.15, -0.1) is 0 Å². The predicted octanol–water partition coefficient (Wildman–Crippen LogP) is 5.59. The normalized spacial score (nSPS) is 11.6. The zero-order chi connectivity index (χ0) is 29.7. The van der Waals surface area contributed by atoms with Crippen molar-refractivity contribution in [1.82, 2.24) is 4.90 Å². The van der Waals surface area contributed by atoms with Crippen molar-refractivity contribution in [2.75, 3.05) is 19.8 Å². The molecule has 1 amide bonds. The molecule has 0 atom stereocenters. The molecule has 0 aliphatic rings. The molecule has 0 saturated heterocycles. The number of amides is 1. The molecule has 0 bridgehead atoms. The third-order valence-corrected chi connectivity index (χ3v) is 6.09. The molecule has 0 saturated carbocycles. The van der Waals surface area contributed by atoms with Gasteiger partial charge in [-0.25, -0.2) is 4.79 Å². The Morgan fingerprint density at radius 3 is 2.05 bits per heavy atom. The zero-order valence-corrected chi connectivity index (χ0v) is 24.9. The van der Waals surface area contributed by atoms with Crippen molar-refractivity contribution >= 4 is 18.1 Å². The van der Waals surface area contributed by atoms with Crippen LogP contribution in [0, 0.1) is 0 Å². The Kier molecular flexibility index (Phi) is 12.8. The number of esters is 1. The van der Waals surface area contributed by atoms with Gasteiger partial charge in [-0.1, -0.05) is 0 Å². The summed E-state index contributed by atoms with van der Waals surface area (Å²) >= 11 is 0. The highest BCUT2D eigenvalue weighted by Gasteiger charge is 2.34. The van der Waals surface area contributed by atoms with Crippen LogP contribution < -0.4 is 20.1 Å². The SMILES string of the molecule is CCOC(=O)C(C)(C)Oc1cc(OCCCCCOc2ccc(C=NN)cc2)ccc1C(=O)N(C(C)C)C(C)C. The molecule has 40 heavy (non-hydrogen) atoms. The minimum absolute atomic E-state index is 0.0108. The van der Waals surface area contributed by atoms with Crippen LogP contribution in [0.5, 0.6) is 17.2 Å². The van der Waals surface area contributed by atoms with E-state index < -0.39 is 11.6 Å². The van der Waals surface area contributed by atoms with Gasteiger partial charge < -0.3 is 29.7 Å². The number of carbonyl (C=O) groups is 2. The molecular formula is C31H45N3O6. The minimum atomic E-state index is -1.29. The van der Waals surface area contributed by atoms with E-state index in [1.165, 1.54) is 0 Å². The fourth-order valence-electron chi connectivity index (χ4n) is 4.18. The van der Waals surface area contributed by atoms with E-state index in [2.05, 4.69) is 5.10 Å². The number of ether oxygens (including phenoxy) is 4. The number of hydrogen-bond donors (Lipinski definition) is 1. The number of hydrazone groups is 1. The first-order valence-electron chi connectivity index (χ1n) is 13.9. The van der Waals surface area contributed by atoms with Crippen LogP contribution in [-0.2, 0) is 9.53 Å². The van der Waals surface area contributed by atoms with Crippen LogP contribution in [0.3, 0.4) is 0 Å². The molecule has 0 heterocycles. The molecule has 0 unspecified atom stereocenters. The summed E-state index contributed by atoms with van der Waals surface area (Å²) in [5.74, 6) is 6.12. The highest BCUT2D eigenvalue weighted by atomic mass is 16.6. The van der Waals surface area contributed by atoms with Crippen molar-refractivity contribution in [3.63, 3.8) is 0 Å². The Morgan fingerprint density at radius 1 is 0.925 bits per heavy atom. The zero-order valence-electron chi connectivity index (χ0n) is 24.9. The van der Waals surface area contributed by atoms with Crippen LogP contribution in [-0.4, -0.2) is 60.5 Å². The second kappa shape index (κ2) is 15.7. The second-order valence-electron chi connectivity index (χ2n) is 10.5. The smallest absolute Gasteiger partial charge is 0.349 e. The summed E-state index contributed by atoms with van der Waals surface area (Å²) in [5.41, 5.74) is -0.00476. The lowest BCUT2D eigenvalue weighted by Crippen LogP contribution is -2.43. The van der Waals surface area contributed by atoms with Crippen molar-refractivity contribution < 1.29 is 28.5 Å². The lowest BCUT2D eigenvalue weighted by molar-refractivity contribution is -0.158. The van der Waals surface area contributed by atoms with E-state index in [1.54, 1.807) is 50.1 Å². The van der Waals surface area contributed by atoms with Crippen LogP contribution in [0.25, 0.3) is 0 Å². The monoisotopic (exact) mass is 555 g/mol. The van der Waals surface area contributed by atoms with E-state index in [1.807, 2.05) is 52.0 Å². The second-order valence-corrected chi connectivity index (χ2v) is 10.5. The number of nitrogens with two attached hydrogens (primary N) is 1. The number of rotatable bonds is 16. The Labute approximate surface area is 238 Å². The third-order valence-electron chi connectivity index (χ3n) is 6.09. The van der Waals surface area contributed by atoms with Gasteiger partial charge in [-0.2, -0.15) is 5.10 Å². The topological polar surface area (TPSA) is 113 Å². The first-order chi connectivity index (χ1) is 19.0. The van der Waals surface area contributed by atoms with Crippen LogP contribution >= 0.6 is 0 Å². The third kappa shape index (κ3) is 9.77. The van der Waals surface area contributed by atoms with E-state index in [0.29, 0.717) is 24.5 Å². The van der Waals surface area contributed by atoms with Crippen molar-refractivity contribution in [3.8, 4) is 17.2 Å².